The Hall–Kier alpha value is -1.58. The second-order valence-electron chi connectivity index (χ2n) is 4.77. The minimum atomic E-state index is -0.0317. The molecule has 0 bridgehead atoms. The molecule has 0 amide bonds. The van der Waals surface area contributed by atoms with Gasteiger partial charge in [-0.15, -0.1) is 0 Å². The SMILES string of the molecule is OCc1ccc(CNC2CC2c2ccccc2)o1. The summed E-state index contributed by atoms with van der Waals surface area (Å²) in [5.41, 5.74) is 1.41. The average molecular weight is 243 g/mol. The van der Waals surface area contributed by atoms with Gasteiger partial charge in [0.1, 0.15) is 18.1 Å². The van der Waals surface area contributed by atoms with E-state index in [1.807, 2.05) is 18.2 Å². The molecule has 3 heteroatoms. The van der Waals surface area contributed by atoms with Crippen LogP contribution in [-0.2, 0) is 13.2 Å². The summed E-state index contributed by atoms with van der Waals surface area (Å²) in [6, 6.07) is 14.9. The molecule has 1 aliphatic rings. The van der Waals surface area contributed by atoms with Gasteiger partial charge in [0.25, 0.3) is 0 Å². The molecular weight excluding hydrogens is 226 g/mol. The molecule has 1 heterocycles. The molecular formula is C15H17NO2. The molecule has 2 N–H and O–H groups in total. The van der Waals surface area contributed by atoms with E-state index in [1.165, 1.54) is 12.0 Å². The normalized spacial score (nSPS) is 22.1. The van der Waals surface area contributed by atoms with Crippen LogP contribution in [0.15, 0.2) is 46.9 Å². The van der Waals surface area contributed by atoms with E-state index >= 15 is 0 Å². The summed E-state index contributed by atoms with van der Waals surface area (Å²) < 4.78 is 5.44. The third-order valence-electron chi connectivity index (χ3n) is 3.43. The van der Waals surface area contributed by atoms with E-state index in [0.717, 1.165) is 12.3 Å². The van der Waals surface area contributed by atoms with Gasteiger partial charge in [0.05, 0.1) is 6.54 Å². The van der Waals surface area contributed by atoms with Crippen molar-refractivity contribution in [1.29, 1.82) is 0 Å². The highest BCUT2D eigenvalue weighted by molar-refractivity contribution is 5.27. The summed E-state index contributed by atoms with van der Waals surface area (Å²) in [4.78, 5) is 0. The van der Waals surface area contributed by atoms with Crippen molar-refractivity contribution in [2.24, 2.45) is 0 Å². The Morgan fingerprint density at radius 2 is 1.89 bits per heavy atom. The fourth-order valence-corrected chi connectivity index (χ4v) is 2.32. The maximum atomic E-state index is 8.92. The summed E-state index contributed by atoms with van der Waals surface area (Å²) in [7, 11) is 0. The Kier molecular flexibility index (Phi) is 3.17. The number of hydrogen-bond acceptors (Lipinski definition) is 3. The van der Waals surface area contributed by atoms with Crippen molar-refractivity contribution >= 4 is 0 Å². The standard InChI is InChI=1S/C15H17NO2/c17-10-13-7-6-12(18-13)9-16-15-8-14(15)11-4-2-1-3-5-11/h1-7,14-17H,8-10H2. The summed E-state index contributed by atoms with van der Waals surface area (Å²) in [6.45, 7) is 0.698. The zero-order valence-electron chi connectivity index (χ0n) is 10.2. The molecule has 0 spiro atoms. The van der Waals surface area contributed by atoms with Crippen molar-refractivity contribution in [3.8, 4) is 0 Å². The van der Waals surface area contributed by atoms with Crippen LogP contribution in [-0.4, -0.2) is 11.1 Å². The quantitative estimate of drug-likeness (QED) is 0.847. The molecule has 1 aliphatic carbocycles. The van der Waals surface area contributed by atoms with Crippen molar-refractivity contribution in [3.05, 3.63) is 59.5 Å². The highest BCUT2D eigenvalue weighted by Gasteiger charge is 2.37. The van der Waals surface area contributed by atoms with Crippen LogP contribution in [0.4, 0.5) is 0 Å². The van der Waals surface area contributed by atoms with E-state index < -0.39 is 0 Å². The Bertz CT molecular complexity index is 506. The van der Waals surface area contributed by atoms with E-state index in [4.69, 9.17) is 9.52 Å². The lowest BCUT2D eigenvalue weighted by molar-refractivity contribution is 0.242. The highest BCUT2D eigenvalue weighted by Crippen LogP contribution is 2.40. The first-order valence-electron chi connectivity index (χ1n) is 6.33. The summed E-state index contributed by atoms with van der Waals surface area (Å²) in [5, 5.41) is 12.4. The van der Waals surface area contributed by atoms with Crippen LogP contribution in [0.1, 0.15) is 29.4 Å². The van der Waals surface area contributed by atoms with Gasteiger partial charge < -0.3 is 14.8 Å². The molecule has 94 valence electrons. The Balaban J connectivity index is 1.51. The van der Waals surface area contributed by atoms with Gasteiger partial charge in [-0.3, -0.25) is 0 Å². The number of aliphatic hydroxyl groups excluding tert-OH is 1. The fraction of sp³-hybridized carbons (Fsp3) is 0.333. The molecule has 0 saturated heterocycles. The predicted octanol–water partition coefficient (Wildman–Crippen LogP) is 2.42. The van der Waals surface area contributed by atoms with E-state index in [0.29, 0.717) is 17.7 Å². The van der Waals surface area contributed by atoms with Crippen LogP contribution >= 0.6 is 0 Å². The zero-order chi connectivity index (χ0) is 12.4. The maximum Gasteiger partial charge on any atom is 0.129 e. The Morgan fingerprint density at radius 3 is 2.61 bits per heavy atom. The van der Waals surface area contributed by atoms with Gasteiger partial charge >= 0.3 is 0 Å². The number of rotatable bonds is 5. The number of furan rings is 1. The molecule has 2 atom stereocenters. The van der Waals surface area contributed by atoms with Crippen LogP contribution in [0.3, 0.4) is 0 Å². The van der Waals surface area contributed by atoms with Crippen LogP contribution in [0, 0.1) is 0 Å². The topological polar surface area (TPSA) is 45.4 Å². The monoisotopic (exact) mass is 243 g/mol. The largest absolute Gasteiger partial charge is 0.462 e. The minimum absolute atomic E-state index is 0.0317. The first-order chi connectivity index (χ1) is 8.86. The number of aliphatic hydroxyl groups is 1. The van der Waals surface area contributed by atoms with E-state index in [-0.39, 0.29) is 6.61 Å². The molecule has 0 radical (unpaired) electrons. The van der Waals surface area contributed by atoms with Crippen molar-refractivity contribution in [2.75, 3.05) is 0 Å². The molecule has 1 aromatic carbocycles. The lowest BCUT2D eigenvalue weighted by Gasteiger charge is -2.02. The smallest absolute Gasteiger partial charge is 0.129 e. The van der Waals surface area contributed by atoms with Crippen LogP contribution < -0.4 is 5.32 Å². The predicted molar refractivity (Wildman–Crippen MR) is 69.1 cm³/mol. The minimum Gasteiger partial charge on any atom is -0.462 e. The molecule has 3 nitrogen and oxygen atoms in total. The lowest BCUT2D eigenvalue weighted by atomic mass is 10.1. The molecule has 18 heavy (non-hydrogen) atoms. The van der Waals surface area contributed by atoms with Gasteiger partial charge in [-0.2, -0.15) is 0 Å². The number of hydrogen-bond donors (Lipinski definition) is 2. The van der Waals surface area contributed by atoms with Gasteiger partial charge in [-0.25, -0.2) is 0 Å². The maximum absolute atomic E-state index is 8.92. The second kappa shape index (κ2) is 4.96. The van der Waals surface area contributed by atoms with Crippen molar-refractivity contribution in [2.45, 2.75) is 31.5 Å². The molecule has 0 aliphatic heterocycles. The molecule has 1 saturated carbocycles. The Morgan fingerprint density at radius 1 is 1.11 bits per heavy atom. The van der Waals surface area contributed by atoms with Crippen molar-refractivity contribution in [1.82, 2.24) is 5.32 Å². The average Bonchev–Trinajstić information content (AvgIpc) is 3.06. The summed E-state index contributed by atoms with van der Waals surface area (Å²) in [6.07, 6.45) is 1.19. The second-order valence-corrected chi connectivity index (χ2v) is 4.77. The van der Waals surface area contributed by atoms with Crippen molar-refractivity contribution in [3.63, 3.8) is 0 Å². The summed E-state index contributed by atoms with van der Waals surface area (Å²) in [5.74, 6) is 2.15. The first kappa shape index (κ1) is 11.5. The molecule has 1 fully saturated rings. The van der Waals surface area contributed by atoms with Gasteiger partial charge in [-0.05, 0) is 24.1 Å². The van der Waals surface area contributed by atoms with Gasteiger partial charge in [0, 0.05) is 12.0 Å². The summed E-state index contributed by atoms with van der Waals surface area (Å²) >= 11 is 0. The third kappa shape index (κ3) is 2.47. The van der Waals surface area contributed by atoms with Crippen molar-refractivity contribution < 1.29 is 9.52 Å². The highest BCUT2D eigenvalue weighted by atomic mass is 16.4. The van der Waals surface area contributed by atoms with E-state index in [2.05, 4.69) is 29.6 Å². The van der Waals surface area contributed by atoms with Crippen LogP contribution in [0.25, 0.3) is 0 Å². The van der Waals surface area contributed by atoms with Gasteiger partial charge in [0.2, 0.25) is 0 Å². The Labute approximate surface area is 106 Å². The molecule has 2 unspecified atom stereocenters. The number of nitrogens with one attached hydrogen (secondary N) is 1. The fourth-order valence-electron chi connectivity index (χ4n) is 2.32. The van der Waals surface area contributed by atoms with Crippen LogP contribution in [0.5, 0.6) is 0 Å². The molecule has 1 aromatic heterocycles. The number of benzene rings is 1. The van der Waals surface area contributed by atoms with Crippen LogP contribution in [0.2, 0.25) is 0 Å². The zero-order valence-corrected chi connectivity index (χ0v) is 10.2. The van der Waals surface area contributed by atoms with Gasteiger partial charge in [0.15, 0.2) is 0 Å². The van der Waals surface area contributed by atoms with E-state index in [1.54, 1.807) is 0 Å². The third-order valence-corrected chi connectivity index (χ3v) is 3.43. The molecule has 3 rings (SSSR count). The van der Waals surface area contributed by atoms with Gasteiger partial charge in [-0.1, -0.05) is 30.3 Å². The molecule has 2 aromatic rings. The van der Waals surface area contributed by atoms with E-state index in [9.17, 15) is 0 Å². The first-order valence-corrected chi connectivity index (χ1v) is 6.33. The lowest BCUT2D eigenvalue weighted by Crippen LogP contribution is -2.16.